The Morgan fingerprint density at radius 3 is 2.63 bits per heavy atom. The van der Waals surface area contributed by atoms with Crippen molar-refractivity contribution in [1.29, 1.82) is 0 Å². The van der Waals surface area contributed by atoms with Crippen molar-refractivity contribution in [3.8, 4) is 11.5 Å². The molecule has 6 heteroatoms. The number of aryl methyl sites for hydroxylation is 1. The average molecular weight is 369 g/mol. The van der Waals surface area contributed by atoms with Gasteiger partial charge in [0, 0.05) is 11.6 Å². The minimum absolute atomic E-state index is 0.0888. The van der Waals surface area contributed by atoms with Crippen LogP contribution in [0.5, 0.6) is 11.5 Å². The molecular weight excluding hydrogens is 346 g/mol. The number of carbonyl (C=O) groups is 2. The second-order valence-electron chi connectivity index (χ2n) is 6.46. The standard InChI is InChI=1S/C21H23NO5/c1-2-26-19-12-16(8-10-18(19)27-13-20(23)24)21(25)22-17-9-7-14-5-3-4-6-15(14)11-17/h3-6,8,10,12,17H,2,7,9,11,13H2,1H3,(H,22,25)(H,23,24). The predicted molar refractivity (Wildman–Crippen MR) is 100 cm³/mol. The Morgan fingerprint density at radius 2 is 1.89 bits per heavy atom. The molecule has 142 valence electrons. The van der Waals surface area contributed by atoms with E-state index in [1.165, 1.54) is 11.1 Å². The molecule has 0 radical (unpaired) electrons. The summed E-state index contributed by atoms with van der Waals surface area (Å²) in [5, 5.41) is 11.8. The lowest BCUT2D eigenvalue weighted by Gasteiger charge is -2.25. The first kappa shape index (κ1) is 18.8. The van der Waals surface area contributed by atoms with Crippen molar-refractivity contribution in [3.05, 3.63) is 59.2 Å². The Morgan fingerprint density at radius 1 is 1.11 bits per heavy atom. The molecule has 0 bridgehead atoms. The third-order valence-corrected chi connectivity index (χ3v) is 4.54. The fraction of sp³-hybridized carbons (Fsp3) is 0.333. The number of hydrogen-bond acceptors (Lipinski definition) is 4. The number of benzene rings is 2. The number of carbonyl (C=O) groups excluding carboxylic acids is 1. The second kappa shape index (κ2) is 8.58. The highest BCUT2D eigenvalue weighted by Crippen LogP contribution is 2.29. The summed E-state index contributed by atoms with van der Waals surface area (Å²) in [7, 11) is 0. The van der Waals surface area contributed by atoms with Crippen LogP contribution in [0.2, 0.25) is 0 Å². The Balaban J connectivity index is 1.69. The number of nitrogens with one attached hydrogen (secondary N) is 1. The third-order valence-electron chi connectivity index (χ3n) is 4.54. The quantitative estimate of drug-likeness (QED) is 0.784. The fourth-order valence-electron chi connectivity index (χ4n) is 3.27. The number of rotatable bonds is 7. The van der Waals surface area contributed by atoms with Gasteiger partial charge in [-0.05, 0) is 55.5 Å². The van der Waals surface area contributed by atoms with Gasteiger partial charge in [-0.2, -0.15) is 0 Å². The van der Waals surface area contributed by atoms with Crippen molar-refractivity contribution in [2.24, 2.45) is 0 Å². The highest BCUT2D eigenvalue weighted by atomic mass is 16.5. The van der Waals surface area contributed by atoms with Crippen LogP contribution in [-0.2, 0) is 17.6 Å². The molecule has 1 amide bonds. The lowest BCUT2D eigenvalue weighted by Crippen LogP contribution is -2.38. The van der Waals surface area contributed by atoms with Gasteiger partial charge in [-0.25, -0.2) is 4.79 Å². The van der Waals surface area contributed by atoms with Gasteiger partial charge in [0.25, 0.3) is 5.91 Å². The van der Waals surface area contributed by atoms with Crippen LogP contribution in [0.4, 0.5) is 0 Å². The van der Waals surface area contributed by atoms with Gasteiger partial charge in [0.15, 0.2) is 18.1 Å². The number of amides is 1. The van der Waals surface area contributed by atoms with E-state index in [1.54, 1.807) is 18.2 Å². The van der Waals surface area contributed by atoms with Crippen LogP contribution in [0, 0.1) is 0 Å². The summed E-state index contributed by atoms with van der Waals surface area (Å²) in [4.78, 5) is 23.4. The molecule has 1 aliphatic carbocycles. The van der Waals surface area contributed by atoms with Gasteiger partial charge in [-0.3, -0.25) is 4.79 Å². The number of aliphatic carboxylic acids is 1. The van der Waals surface area contributed by atoms with Crippen molar-refractivity contribution in [1.82, 2.24) is 5.32 Å². The van der Waals surface area contributed by atoms with Crippen molar-refractivity contribution >= 4 is 11.9 Å². The summed E-state index contributed by atoms with van der Waals surface area (Å²) in [6, 6.07) is 13.2. The molecule has 27 heavy (non-hydrogen) atoms. The lowest BCUT2D eigenvalue weighted by molar-refractivity contribution is -0.139. The van der Waals surface area contributed by atoms with Gasteiger partial charge in [-0.15, -0.1) is 0 Å². The number of fused-ring (bicyclic) bond motifs is 1. The number of hydrogen-bond donors (Lipinski definition) is 2. The molecule has 3 rings (SSSR count). The zero-order valence-electron chi connectivity index (χ0n) is 15.2. The Labute approximate surface area is 158 Å². The molecule has 0 fully saturated rings. The van der Waals surface area contributed by atoms with E-state index in [4.69, 9.17) is 14.6 Å². The van der Waals surface area contributed by atoms with Crippen molar-refractivity contribution in [2.45, 2.75) is 32.2 Å². The van der Waals surface area contributed by atoms with Gasteiger partial charge in [0.2, 0.25) is 0 Å². The van der Waals surface area contributed by atoms with Crippen molar-refractivity contribution < 1.29 is 24.2 Å². The van der Waals surface area contributed by atoms with Gasteiger partial charge in [0.1, 0.15) is 0 Å². The molecule has 2 N–H and O–H groups in total. The molecule has 2 aromatic rings. The van der Waals surface area contributed by atoms with E-state index in [0.29, 0.717) is 23.7 Å². The molecule has 0 aliphatic heterocycles. The first-order valence-electron chi connectivity index (χ1n) is 9.06. The number of carboxylic acid groups (broad SMARTS) is 1. The predicted octanol–water partition coefficient (Wildman–Crippen LogP) is 2.84. The molecule has 1 unspecified atom stereocenters. The zero-order valence-corrected chi connectivity index (χ0v) is 15.2. The largest absolute Gasteiger partial charge is 0.490 e. The molecule has 2 aromatic carbocycles. The summed E-state index contributed by atoms with van der Waals surface area (Å²) < 4.78 is 10.7. The first-order valence-corrected chi connectivity index (χ1v) is 9.06. The molecule has 0 saturated carbocycles. The van der Waals surface area contributed by atoms with Crippen LogP contribution in [0.3, 0.4) is 0 Å². The Kier molecular flexibility index (Phi) is 5.96. The molecular formula is C21H23NO5. The van der Waals surface area contributed by atoms with Crippen LogP contribution in [0.15, 0.2) is 42.5 Å². The average Bonchev–Trinajstić information content (AvgIpc) is 2.67. The minimum atomic E-state index is -1.07. The normalized spacial score (nSPS) is 15.5. The molecule has 0 saturated heterocycles. The molecule has 6 nitrogen and oxygen atoms in total. The van der Waals surface area contributed by atoms with Crippen LogP contribution in [0.25, 0.3) is 0 Å². The molecule has 0 heterocycles. The van der Waals surface area contributed by atoms with E-state index in [2.05, 4.69) is 17.4 Å². The monoisotopic (exact) mass is 369 g/mol. The summed E-state index contributed by atoms with van der Waals surface area (Å²) in [6.07, 6.45) is 2.67. The van der Waals surface area contributed by atoms with Crippen LogP contribution in [0.1, 0.15) is 34.8 Å². The van der Waals surface area contributed by atoms with Gasteiger partial charge in [0.05, 0.1) is 6.61 Å². The molecule has 0 spiro atoms. The smallest absolute Gasteiger partial charge is 0.341 e. The summed E-state index contributed by atoms with van der Waals surface area (Å²) in [6.45, 7) is 1.73. The second-order valence-corrected chi connectivity index (χ2v) is 6.46. The van der Waals surface area contributed by atoms with Gasteiger partial charge in [-0.1, -0.05) is 24.3 Å². The highest BCUT2D eigenvalue weighted by molar-refractivity contribution is 5.95. The number of carboxylic acids is 1. The molecule has 1 atom stereocenters. The van der Waals surface area contributed by atoms with E-state index in [0.717, 1.165) is 19.3 Å². The third kappa shape index (κ3) is 4.78. The van der Waals surface area contributed by atoms with Gasteiger partial charge >= 0.3 is 5.97 Å². The van der Waals surface area contributed by atoms with E-state index in [-0.39, 0.29) is 11.9 Å². The maximum absolute atomic E-state index is 12.7. The van der Waals surface area contributed by atoms with Gasteiger partial charge < -0.3 is 19.9 Å². The van der Waals surface area contributed by atoms with E-state index in [1.807, 2.05) is 19.1 Å². The topological polar surface area (TPSA) is 84.9 Å². The zero-order chi connectivity index (χ0) is 19.2. The molecule has 0 aromatic heterocycles. The first-order chi connectivity index (χ1) is 13.1. The van der Waals surface area contributed by atoms with Crippen molar-refractivity contribution in [2.75, 3.05) is 13.2 Å². The maximum atomic E-state index is 12.7. The van der Waals surface area contributed by atoms with Crippen molar-refractivity contribution in [3.63, 3.8) is 0 Å². The SMILES string of the molecule is CCOc1cc(C(=O)NC2CCc3ccccc3C2)ccc1OCC(=O)O. The maximum Gasteiger partial charge on any atom is 0.341 e. The summed E-state index contributed by atoms with van der Waals surface area (Å²) in [5.41, 5.74) is 3.09. The lowest BCUT2D eigenvalue weighted by atomic mass is 9.88. The van der Waals surface area contributed by atoms with E-state index in [9.17, 15) is 9.59 Å². The number of ether oxygens (including phenoxy) is 2. The fourth-order valence-corrected chi connectivity index (χ4v) is 3.27. The van der Waals surface area contributed by atoms with Crippen LogP contribution < -0.4 is 14.8 Å². The van der Waals surface area contributed by atoms with Crippen LogP contribution in [-0.4, -0.2) is 36.2 Å². The summed E-state index contributed by atoms with van der Waals surface area (Å²) >= 11 is 0. The highest BCUT2D eigenvalue weighted by Gasteiger charge is 2.21. The summed E-state index contributed by atoms with van der Waals surface area (Å²) in [5.74, 6) is -0.579. The van der Waals surface area contributed by atoms with E-state index < -0.39 is 12.6 Å². The minimum Gasteiger partial charge on any atom is -0.490 e. The Hall–Kier alpha value is -3.02. The Bertz CT molecular complexity index is 833. The molecule has 1 aliphatic rings. The van der Waals surface area contributed by atoms with Crippen LogP contribution >= 0.6 is 0 Å². The van der Waals surface area contributed by atoms with E-state index >= 15 is 0 Å².